The lowest BCUT2D eigenvalue weighted by atomic mass is 10.2. The number of fused-ring (bicyclic) bond motifs is 1. The van der Waals surface area contributed by atoms with E-state index in [1.165, 1.54) is 24.2 Å². The van der Waals surface area contributed by atoms with Crippen molar-refractivity contribution in [3.63, 3.8) is 0 Å². The number of amides is 1. The third-order valence-corrected chi connectivity index (χ3v) is 5.05. The van der Waals surface area contributed by atoms with Crippen LogP contribution in [0.3, 0.4) is 0 Å². The van der Waals surface area contributed by atoms with E-state index in [2.05, 4.69) is 11.9 Å². The second-order valence-electron chi connectivity index (χ2n) is 5.20. The van der Waals surface area contributed by atoms with Crippen molar-refractivity contribution in [2.24, 2.45) is 5.92 Å². The highest BCUT2D eigenvalue weighted by atomic mass is 32.1. The summed E-state index contributed by atoms with van der Waals surface area (Å²) in [6.07, 6.45) is 4.17. The number of rotatable bonds is 3. The molecule has 100 valence electrons. The molecule has 3 rings (SSSR count). The fourth-order valence-corrected chi connectivity index (χ4v) is 3.40. The van der Waals surface area contributed by atoms with Gasteiger partial charge in [-0.1, -0.05) is 0 Å². The Morgan fingerprint density at radius 1 is 1.58 bits per heavy atom. The van der Waals surface area contributed by atoms with Crippen LogP contribution in [0.15, 0.2) is 18.3 Å². The summed E-state index contributed by atoms with van der Waals surface area (Å²) >= 11 is 1.38. The van der Waals surface area contributed by atoms with Gasteiger partial charge in [-0.2, -0.15) is 0 Å². The molecule has 5 heteroatoms. The fraction of sp³-hybridized carbons (Fsp3) is 0.429. The van der Waals surface area contributed by atoms with E-state index in [9.17, 15) is 4.79 Å². The van der Waals surface area contributed by atoms with Crippen LogP contribution in [0.4, 0.5) is 5.69 Å². The summed E-state index contributed by atoms with van der Waals surface area (Å²) in [4.78, 5) is 20.1. The van der Waals surface area contributed by atoms with Crippen LogP contribution in [-0.4, -0.2) is 28.9 Å². The minimum atomic E-state index is 0.0138. The van der Waals surface area contributed by atoms with Crippen molar-refractivity contribution in [3.05, 3.63) is 23.2 Å². The number of carbonyl (C=O) groups excluding carboxylic acids is 1. The van der Waals surface area contributed by atoms with Crippen molar-refractivity contribution in [2.45, 2.75) is 25.8 Å². The summed E-state index contributed by atoms with van der Waals surface area (Å²) in [5, 5.41) is 0.878. The predicted molar refractivity (Wildman–Crippen MR) is 78.3 cm³/mol. The molecule has 0 bridgehead atoms. The van der Waals surface area contributed by atoms with Crippen molar-refractivity contribution >= 4 is 33.1 Å². The lowest BCUT2D eigenvalue weighted by molar-refractivity contribution is 0.0733. The number of thiophene rings is 1. The largest absolute Gasteiger partial charge is 0.397 e. The Balaban J connectivity index is 1.94. The van der Waals surface area contributed by atoms with Gasteiger partial charge in [-0.05, 0) is 37.8 Å². The van der Waals surface area contributed by atoms with Crippen LogP contribution in [0.5, 0.6) is 0 Å². The minimum Gasteiger partial charge on any atom is -0.397 e. The number of nitrogens with zero attached hydrogens (tertiary/aromatic N) is 2. The number of pyridine rings is 1. The fourth-order valence-electron chi connectivity index (χ4n) is 2.35. The molecule has 0 aliphatic heterocycles. The summed E-state index contributed by atoms with van der Waals surface area (Å²) in [5.41, 5.74) is 6.66. The van der Waals surface area contributed by atoms with Crippen molar-refractivity contribution < 1.29 is 4.79 Å². The van der Waals surface area contributed by atoms with E-state index in [1.54, 1.807) is 6.20 Å². The zero-order chi connectivity index (χ0) is 13.6. The molecule has 0 spiro atoms. The molecule has 0 saturated heterocycles. The standard InChI is InChI=1S/C14H17N3OS/c1-8(9-5-6-9)17(2)14(18)12-11(15)10-4-3-7-16-13(10)19-12/h3-4,7-9H,5-6,15H2,1-2H3. The molecule has 0 aromatic carbocycles. The van der Waals surface area contributed by atoms with Gasteiger partial charge < -0.3 is 10.6 Å². The van der Waals surface area contributed by atoms with E-state index >= 15 is 0 Å². The molecule has 4 nitrogen and oxygen atoms in total. The average Bonchev–Trinajstić information content (AvgIpc) is 3.22. The van der Waals surface area contributed by atoms with Crippen molar-refractivity contribution in [1.82, 2.24) is 9.88 Å². The van der Waals surface area contributed by atoms with Crippen molar-refractivity contribution in [3.8, 4) is 0 Å². The number of hydrogen-bond acceptors (Lipinski definition) is 4. The van der Waals surface area contributed by atoms with Crippen LogP contribution in [-0.2, 0) is 0 Å². The minimum absolute atomic E-state index is 0.0138. The zero-order valence-electron chi connectivity index (χ0n) is 11.1. The van der Waals surface area contributed by atoms with Gasteiger partial charge in [0.2, 0.25) is 0 Å². The molecule has 1 fully saturated rings. The molecule has 0 radical (unpaired) electrons. The number of aromatic nitrogens is 1. The SMILES string of the molecule is CC(C1CC1)N(C)C(=O)c1sc2ncccc2c1N. The summed E-state index contributed by atoms with van der Waals surface area (Å²) in [6, 6.07) is 4.04. The average molecular weight is 275 g/mol. The zero-order valence-corrected chi connectivity index (χ0v) is 11.9. The van der Waals surface area contributed by atoms with Crippen LogP contribution in [0, 0.1) is 5.92 Å². The lowest BCUT2D eigenvalue weighted by Crippen LogP contribution is -2.36. The van der Waals surface area contributed by atoms with E-state index in [4.69, 9.17) is 5.73 Å². The molecule has 1 aliphatic rings. The van der Waals surface area contributed by atoms with Gasteiger partial charge in [0.05, 0.1) is 5.69 Å². The maximum Gasteiger partial charge on any atom is 0.266 e. The Morgan fingerprint density at radius 3 is 2.95 bits per heavy atom. The number of carbonyl (C=O) groups is 1. The molecular formula is C14H17N3OS. The second kappa shape index (κ2) is 4.49. The predicted octanol–water partition coefficient (Wildman–Crippen LogP) is 2.75. The van der Waals surface area contributed by atoms with Gasteiger partial charge >= 0.3 is 0 Å². The molecule has 1 amide bonds. The summed E-state index contributed by atoms with van der Waals surface area (Å²) in [6.45, 7) is 2.11. The highest BCUT2D eigenvalue weighted by Gasteiger charge is 2.33. The first-order chi connectivity index (χ1) is 9.09. The Morgan fingerprint density at radius 2 is 2.32 bits per heavy atom. The Bertz CT molecular complexity index is 633. The number of nitrogens with two attached hydrogens (primary N) is 1. The van der Waals surface area contributed by atoms with E-state index < -0.39 is 0 Å². The second-order valence-corrected chi connectivity index (χ2v) is 6.19. The van der Waals surface area contributed by atoms with Gasteiger partial charge in [0.1, 0.15) is 9.71 Å². The maximum atomic E-state index is 12.5. The molecular weight excluding hydrogens is 258 g/mol. The topological polar surface area (TPSA) is 59.2 Å². The van der Waals surface area contributed by atoms with E-state index in [1.807, 2.05) is 24.1 Å². The van der Waals surface area contributed by atoms with Gasteiger partial charge in [-0.15, -0.1) is 11.3 Å². The summed E-state index contributed by atoms with van der Waals surface area (Å²) < 4.78 is 0. The van der Waals surface area contributed by atoms with E-state index in [-0.39, 0.29) is 11.9 Å². The maximum absolute atomic E-state index is 12.5. The van der Waals surface area contributed by atoms with Crippen molar-refractivity contribution in [1.29, 1.82) is 0 Å². The first-order valence-electron chi connectivity index (χ1n) is 6.49. The number of hydrogen-bond donors (Lipinski definition) is 1. The smallest absolute Gasteiger partial charge is 0.266 e. The first kappa shape index (κ1) is 12.4. The van der Waals surface area contributed by atoms with Crippen LogP contribution in [0.2, 0.25) is 0 Å². The van der Waals surface area contributed by atoms with Crippen LogP contribution in [0.1, 0.15) is 29.4 Å². The molecule has 2 heterocycles. The third-order valence-electron chi connectivity index (χ3n) is 3.93. The molecule has 1 unspecified atom stereocenters. The summed E-state index contributed by atoms with van der Waals surface area (Å²) in [5.74, 6) is 0.669. The quantitative estimate of drug-likeness (QED) is 0.937. The number of anilines is 1. The highest BCUT2D eigenvalue weighted by Crippen LogP contribution is 2.37. The van der Waals surface area contributed by atoms with Crippen molar-refractivity contribution in [2.75, 3.05) is 12.8 Å². The Kier molecular flexibility index (Phi) is 2.93. The van der Waals surface area contributed by atoms with Crippen LogP contribution < -0.4 is 5.73 Å². The molecule has 19 heavy (non-hydrogen) atoms. The monoisotopic (exact) mass is 275 g/mol. The molecule has 2 aromatic rings. The van der Waals surface area contributed by atoms with E-state index in [0.29, 0.717) is 16.5 Å². The normalized spacial score (nSPS) is 16.5. The van der Waals surface area contributed by atoms with Gasteiger partial charge in [-0.3, -0.25) is 4.79 Å². The van der Waals surface area contributed by atoms with Crippen LogP contribution >= 0.6 is 11.3 Å². The van der Waals surface area contributed by atoms with E-state index in [0.717, 1.165) is 10.2 Å². The molecule has 1 atom stereocenters. The third kappa shape index (κ3) is 2.08. The molecule has 1 aliphatic carbocycles. The lowest BCUT2D eigenvalue weighted by Gasteiger charge is -2.24. The van der Waals surface area contributed by atoms with Crippen LogP contribution in [0.25, 0.3) is 10.2 Å². The summed E-state index contributed by atoms with van der Waals surface area (Å²) in [7, 11) is 1.86. The molecule has 1 saturated carbocycles. The Hall–Kier alpha value is -1.62. The van der Waals surface area contributed by atoms with Gasteiger partial charge in [-0.25, -0.2) is 4.98 Å². The first-order valence-corrected chi connectivity index (χ1v) is 7.31. The van der Waals surface area contributed by atoms with Gasteiger partial charge in [0, 0.05) is 24.7 Å². The van der Waals surface area contributed by atoms with Gasteiger partial charge in [0.15, 0.2) is 0 Å². The molecule has 2 N–H and O–H groups in total. The number of nitrogen functional groups attached to an aromatic ring is 1. The molecule has 2 aromatic heterocycles. The highest BCUT2D eigenvalue weighted by molar-refractivity contribution is 7.21. The Labute approximate surface area is 116 Å². The van der Waals surface area contributed by atoms with Gasteiger partial charge in [0.25, 0.3) is 5.91 Å².